The lowest BCUT2D eigenvalue weighted by atomic mass is 9.89. The lowest BCUT2D eigenvalue weighted by Gasteiger charge is -2.45. The number of fused-ring (bicyclic) bond motifs is 3. The Kier molecular flexibility index (Phi) is 6.74. The van der Waals surface area contributed by atoms with E-state index < -0.39 is 11.6 Å². The second kappa shape index (κ2) is 10.0. The molecule has 3 atom stereocenters. The van der Waals surface area contributed by atoms with Crippen molar-refractivity contribution in [1.29, 1.82) is 0 Å². The zero-order valence-electron chi connectivity index (χ0n) is 21.7. The Morgan fingerprint density at radius 2 is 1.49 bits per heavy atom. The number of para-hydroxylation sites is 2. The highest BCUT2D eigenvalue weighted by Crippen LogP contribution is 2.44. The molecule has 2 bridgehead atoms. The lowest BCUT2D eigenvalue weighted by Crippen LogP contribution is -2.52. The minimum absolute atomic E-state index is 0.0803. The van der Waals surface area contributed by atoms with E-state index in [1.807, 2.05) is 33.7 Å². The van der Waals surface area contributed by atoms with Crippen LogP contribution >= 0.6 is 0 Å². The molecule has 4 heterocycles. The molecule has 2 N–H and O–H groups in total. The number of carboxylic acids is 1. The number of aromatic nitrogens is 2. The van der Waals surface area contributed by atoms with Crippen LogP contribution in [0.4, 0.5) is 5.82 Å². The average Bonchev–Trinajstić information content (AvgIpc) is 3.13. The average molecular weight is 509 g/mol. The molecule has 1 unspecified atom stereocenters. The van der Waals surface area contributed by atoms with Crippen LogP contribution in [0.3, 0.4) is 0 Å². The Morgan fingerprint density at radius 3 is 2.14 bits per heavy atom. The maximum atomic E-state index is 14.0. The van der Waals surface area contributed by atoms with E-state index in [9.17, 15) is 19.8 Å². The number of anilines is 1. The van der Waals surface area contributed by atoms with Crippen molar-refractivity contribution in [2.75, 3.05) is 18.0 Å². The van der Waals surface area contributed by atoms with Crippen molar-refractivity contribution in [2.45, 2.75) is 113 Å². The number of aliphatic hydroxyl groups is 1. The fourth-order valence-corrected chi connectivity index (χ4v) is 7.74. The zero-order chi connectivity index (χ0) is 25.6. The van der Waals surface area contributed by atoms with Gasteiger partial charge < -0.3 is 19.7 Å². The van der Waals surface area contributed by atoms with Gasteiger partial charge in [0.05, 0.1) is 11.0 Å². The second-order valence-corrected chi connectivity index (χ2v) is 11.9. The van der Waals surface area contributed by atoms with Crippen LogP contribution in [0.15, 0.2) is 29.1 Å². The largest absolute Gasteiger partial charge is 0.479 e. The van der Waals surface area contributed by atoms with E-state index in [-0.39, 0.29) is 24.4 Å². The van der Waals surface area contributed by atoms with E-state index in [2.05, 4.69) is 4.90 Å². The molecular formula is C29H40N4O4. The number of carboxylic acid groups (broad SMARTS) is 1. The number of aliphatic carboxylic acids is 1. The van der Waals surface area contributed by atoms with Crippen molar-refractivity contribution in [2.24, 2.45) is 0 Å². The quantitative estimate of drug-likeness (QED) is 0.642. The van der Waals surface area contributed by atoms with Gasteiger partial charge >= 0.3 is 5.97 Å². The first-order chi connectivity index (χ1) is 17.9. The first kappa shape index (κ1) is 24.9. The standard InChI is InChI=1S/C29H40N4O4/c34-27-26(31-16-14-29(37,15-17-31)28(35)36)30-24-10-6-7-11-25(24)33(27)23-18-21-12-13-22(19-23)32(21)20-8-4-2-1-3-5-9-20/h6-7,10-11,20-23,37H,1-5,8-9,12-19H2,(H,35,36)/t21-,22+,23?. The van der Waals surface area contributed by atoms with Crippen LogP contribution in [0.5, 0.6) is 0 Å². The van der Waals surface area contributed by atoms with Crippen LogP contribution in [0.2, 0.25) is 0 Å². The van der Waals surface area contributed by atoms with Gasteiger partial charge in [0.15, 0.2) is 11.4 Å². The van der Waals surface area contributed by atoms with Gasteiger partial charge in [-0.15, -0.1) is 0 Å². The summed E-state index contributed by atoms with van der Waals surface area (Å²) in [7, 11) is 0. The predicted molar refractivity (Wildman–Crippen MR) is 143 cm³/mol. The van der Waals surface area contributed by atoms with Crippen molar-refractivity contribution < 1.29 is 15.0 Å². The first-order valence-electron chi connectivity index (χ1n) is 14.4. The van der Waals surface area contributed by atoms with E-state index in [0.717, 1.165) is 23.9 Å². The molecule has 1 aromatic heterocycles. The molecular weight excluding hydrogens is 468 g/mol. The van der Waals surface area contributed by atoms with Crippen LogP contribution in [-0.2, 0) is 4.79 Å². The molecule has 8 nitrogen and oxygen atoms in total. The molecule has 1 saturated carbocycles. The summed E-state index contributed by atoms with van der Waals surface area (Å²) in [5.74, 6) is -0.802. The highest BCUT2D eigenvalue weighted by atomic mass is 16.4. The van der Waals surface area contributed by atoms with Crippen molar-refractivity contribution >= 4 is 22.8 Å². The van der Waals surface area contributed by atoms with Gasteiger partial charge in [-0.25, -0.2) is 9.78 Å². The maximum absolute atomic E-state index is 14.0. The third kappa shape index (κ3) is 4.56. The van der Waals surface area contributed by atoms with E-state index in [0.29, 0.717) is 37.0 Å². The molecule has 8 heteroatoms. The van der Waals surface area contributed by atoms with Crippen molar-refractivity contribution in [3.05, 3.63) is 34.6 Å². The third-order valence-corrected chi connectivity index (χ3v) is 9.69. The fraction of sp³-hybridized carbons (Fsp3) is 0.690. The lowest BCUT2D eigenvalue weighted by molar-refractivity contribution is -0.160. The summed E-state index contributed by atoms with van der Waals surface area (Å²) in [5.41, 5.74) is -0.122. The Hall–Kier alpha value is -2.45. The van der Waals surface area contributed by atoms with Gasteiger partial charge in [0.2, 0.25) is 0 Å². The van der Waals surface area contributed by atoms with Crippen molar-refractivity contribution in [3.63, 3.8) is 0 Å². The van der Waals surface area contributed by atoms with E-state index in [1.54, 1.807) is 0 Å². The number of nitrogens with zero attached hydrogens (tertiary/aromatic N) is 4. The maximum Gasteiger partial charge on any atom is 0.335 e. The third-order valence-electron chi connectivity index (χ3n) is 9.69. The highest BCUT2D eigenvalue weighted by Gasteiger charge is 2.45. The summed E-state index contributed by atoms with van der Waals surface area (Å²) in [6.07, 6.45) is 14.0. The fourth-order valence-electron chi connectivity index (χ4n) is 7.74. The number of hydrogen-bond donors (Lipinski definition) is 2. The van der Waals surface area contributed by atoms with Crippen LogP contribution in [0.1, 0.15) is 89.5 Å². The highest BCUT2D eigenvalue weighted by molar-refractivity contribution is 5.78. The molecule has 0 spiro atoms. The molecule has 6 rings (SSSR count). The van der Waals surface area contributed by atoms with Crippen LogP contribution in [-0.4, -0.2) is 67.4 Å². The van der Waals surface area contributed by atoms with Gasteiger partial charge in [-0.2, -0.15) is 0 Å². The molecule has 1 aliphatic carbocycles. The summed E-state index contributed by atoms with van der Waals surface area (Å²) in [6, 6.07) is 9.82. The molecule has 2 aromatic rings. The number of carbonyl (C=O) groups is 1. The molecule has 3 saturated heterocycles. The molecule has 3 aliphatic heterocycles. The zero-order valence-corrected chi connectivity index (χ0v) is 21.7. The number of hydrogen-bond acceptors (Lipinski definition) is 6. The molecule has 1 aromatic carbocycles. The monoisotopic (exact) mass is 508 g/mol. The van der Waals surface area contributed by atoms with Gasteiger partial charge in [-0.3, -0.25) is 9.69 Å². The molecule has 0 amide bonds. The predicted octanol–water partition coefficient (Wildman–Crippen LogP) is 4.09. The summed E-state index contributed by atoms with van der Waals surface area (Å²) in [4.78, 5) is 35.0. The minimum Gasteiger partial charge on any atom is -0.479 e. The molecule has 4 aliphatic rings. The van der Waals surface area contributed by atoms with Gasteiger partial charge in [-0.1, -0.05) is 44.2 Å². The molecule has 200 valence electrons. The Labute approximate surface area is 218 Å². The molecule has 37 heavy (non-hydrogen) atoms. The number of rotatable bonds is 4. The van der Waals surface area contributed by atoms with Crippen molar-refractivity contribution in [1.82, 2.24) is 14.5 Å². The van der Waals surface area contributed by atoms with Gasteiger partial charge in [-0.05, 0) is 50.7 Å². The van der Waals surface area contributed by atoms with E-state index in [4.69, 9.17) is 4.98 Å². The van der Waals surface area contributed by atoms with Crippen molar-refractivity contribution in [3.8, 4) is 0 Å². The van der Waals surface area contributed by atoms with E-state index >= 15 is 0 Å². The second-order valence-electron chi connectivity index (χ2n) is 11.9. The van der Waals surface area contributed by atoms with Gasteiger partial charge in [0.25, 0.3) is 5.56 Å². The summed E-state index contributed by atoms with van der Waals surface area (Å²) in [6.45, 7) is 0.601. The SMILES string of the molecule is O=C(O)C1(O)CCN(c2nc3ccccc3n(C3C[C@H]4CC[C@@H](C3)N4C3CCCCCCC3)c2=O)CC1. The van der Waals surface area contributed by atoms with Gasteiger partial charge in [0, 0.05) is 50.1 Å². The molecule has 0 radical (unpaired) electrons. The van der Waals surface area contributed by atoms with Crippen LogP contribution < -0.4 is 10.5 Å². The van der Waals surface area contributed by atoms with Crippen LogP contribution in [0, 0.1) is 0 Å². The summed E-state index contributed by atoms with van der Waals surface area (Å²) >= 11 is 0. The summed E-state index contributed by atoms with van der Waals surface area (Å²) < 4.78 is 2.01. The Balaban J connectivity index is 1.30. The van der Waals surface area contributed by atoms with E-state index in [1.165, 1.54) is 57.8 Å². The first-order valence-corrected chi connectivity index (χ1v) is 14.4. The number of piperidine rings is 2. The normalized spacial score (nSPS) is 29.2. The Morgan fingerprint density at radius 1 is 0.865 bits per heavy atom. The van der Waals surface area contributed by atoms with Crippen LogP contribution in [0.25, 0.3) is 11.0 Å². The number of benzene rings is 1. The summed E-state index contributed by atoms with van der Waals surface area (Å²) in [5, 5.41) is 19.8. The topological polar surface area (TPSA) is 98.9 Å². The minimum atomic E-state index is -1.73. The Bertz CT molecular complexity index is 1180. The molecule has 4 fully saturated rings. The smallest absolute Gasteiger partial charge is 0.335 e. The van der Waals surface area contributed by atoms with Gasteiger partial charge in [0.1, 0.15) is 0 Å².